The molecule has 0 aliphatic carbocycles. The maximum atomic E-state index is 12.6. The zero-order valence-corrected chi connectivity index (χ0v) is 11.1. The first-order chi connectivity index (χ1) is 9.73. The molecule has 2 aromatic carbocycles. The van der Waals surface area contributed by atoms with Crippen molar-refractivity contribution in [3.8, 4) is 0 Å². The first-order valence-corrected chi connectivity index (χ1v) is 7.23. The van der Waals surface area contributed by atoms with Gasteiger partial charge in [-0.05, 0) is 18.2 Å². The van der Waals surface area contributed by atoms with Gasteiger partial charge in [-0.3, -0.25) is 0 Å². The number of para-hydroxylation sites is 1. The summed E-state index contributed by atoms with van der Waals surface area (Å²) in [6, 6.07) is 8.85. The maximum Gasteiger partial charge on any atom is 0.501 e. The van der Waals surface area contributed by atoms with E-state index in [4.69, 9.17) is 10.2 Å². The van der Waals surface area contributed by atoms with Crippen LogP contribution in [-0.4, -0.2) is 13.9 Å². The van der Waals surface area contributed by atoms with E-state index >= 15 is 0 Å². The molecule has 2 N–H and O–H groups in total. The van der Waals surface area contributed by atoms with Gasteiger partial charge in [0.2, 0.25) is 0 Å². The second-order valence-corrected chi connectivity index (χ2v) is 6.31. The van der Waals surface area contributed by atoms with Crippen molar-refractivity contribution in [1.82, 2.24) is 0 Å². The Morgan fingerprint density at radius 3 is 2.33 bits per heavy atom. The molecule has 1 aromatic heterocycles. The van der Waals surface area contributed by atoms with Gasteiger partial charge in [-0.2, -0.15) is 13.2 Å². The molecule has 21 heavy (non-hydrogen) atoms. The molecule has 0 spiro atoms. The average Bonchev–Trinajstić information content (AvgIpc) is 2.77. The second-order valence-electron chi connectivity index (χ2n) is 4.40. The fourth-order valence-electron chi connectivity index (χ4n) is 2.15. The largest absolute Gasteiger partial charge is 0.501 e. The summed E-state index contributed by atoms with van der Waals surface area (Å²) in [6.45, 7) is 0. The summed E-state index contributed by atoms with van der Waals surface area (Å²) in [5.74, 6) is 0. The summed E-state index contributed by atoms with van der Waals surface area (Å²) in [6.07, 6.45) is 0. The molecule has 0 amide bonds. The van der Waals surface area contributed by atoms with Gasteiger partial charge in [0.1, 0.15) is 10.5 Å². The highest BCUT2D eigenvalue weighted by Crippen LogP contribution is 2.39. The van der Waals surface area contributed by atoms with E-state index in [1.807, 2.05) is 0 Å². The number of alkyl halides is 3. The molecule has 0 aliphatic heterocycles. The summed E-state index contributed by atoms with van der Waals surface area (Å²) >= 11 is 0. The molecule has 3 rings (SSSR count). The third kappa shape index (κ3) is 1.86. The SMILES string of the molecule is Nc1c(S(=O)(=O)C(F)(F)F)ccc2c1oc1ccccc12. The van der Waals surface area contributed by atoms with Crippen molar-refractivity contribution >= 4 is 37.5 Å². The van der Waals surface area contributed by atoms with Gasteiger partial charge in [0, 0.05) is 10.8 Å². The Bertz CT molecular complexity index is 958. The zero-order valence-electron chi connectivity index (χ0n) is 10.3. The lowest BCUT2D eigenvalue weighted by molar-refractivity contribution is -0.0435. The normalized spacial score (nSPS) is 13.1. The third-order valence-electron chi connectivity index (χ3n) is 3.14. The van der Waals surface area contributed by atoms with Crippen LogP contribution >= 0.6 is 0 Å². The van der Waals surface area contributed by atoms with Crippen LogP contribution in [0, 0.1) is 0 Å². The molecule has 3 aromatic rings. The Hall–Kier alpha value is -2.22. The van der Waals surface area contributed by atoms with Crippen molar-refractivity contribution in [2.24, 2.45) is 0 Å². The van der Waals surface area contributed by atoms with Crippen LogP contribution in [0.25, 0.3) is 21.9 Å². The highest BCUT2D eigenvalue weighted by Gasteiger charge is 2.48. The van der Waals surface area contributed by atoms with Crippen molar-refractivity contribution in [3.05, 3.63) is 36.4 Å². The van der Waals surface area contributed by atoms with E-state index in [1.54, 1.807) is 24.3 Å². The van der Waals surface area contributed by atoms with E-state index in [0.29, 0.717) is 16.4 Å². The topological polar surface area (TPSA) is 73.3 Å². The van der Waals surface area contributed by atoms with Crippen LogP contribution in [0.3, 0.4) is 0 Å². The van der Waals surface area contributed by atoms with Gasteiger partial charge in [0.25, 0.3) is 9.84 Å². The number of rotatable bonds is 1. The van der Waals surface area contributed by atoms with E-state index < -0.39 is 25.9 Å². The lowest BCUT2D eigenvalue weighted by atomic mass is 10.1. The Labute approximate surface area is 116 Å². The van der Waals surface area contributed by atoms with E-state index in [-0.39, 0.29) is 5.58 Å². The fraction of sp³-hybridized carbons (Fsp3) is 0.0769. The summed E-state index contributed by atoms with van der Waals surface area (Å²) < 4.78 is 66.2. The average molecular weight is 315 g/mol. The third-order valence-corrected chi connectivity index (χ3v) is 4.68. The minimum Gasteiger partial charge on any atom is -0.454 e. The Balaban J connectivity index is 2.39. The number of anilines is 1. The van der Waals surface area contributed by atoms with Crippen LogP contribution in [0.15, 0.2) is 45.7 Å². The quantitative estimate of drug-likeness (QED) is 0.698. The van der Waals surface area contributed by atoms with Crippen molar-refractivity contribution in [1.29, 1.82) is 0 Å². The van der Waals surface area contributed by atoms with E-state index in [1.165, 1.54) is 6.07 Å². The lowest BCUT2D eigenvalue weighted by Gasteiger charge is -2.10. The number of hydrogen-bond acceptors (Lipinski definition) is 4. The molecule has 0 bridgehead atoms. The summed E-state index contributed by atoms with van der Waals surface area (Å²) in [5, 5.41) is 1.11. The minimum atomic E-state index is -5.52. The van der Waals surface area contributed by atoms with Crippen LogP contribution in [0.1, 0.15) is 0 Å². The van der Waals surface area contributed by atoms with Crippen LogP contribution in [0.2, 0.25) is 0 Å². The van der Waals surface area contributed by atoms with Crippen LogP contribution in [0.5, 0.6) is 0 Å². The van der Waals surface area contributed by atoms with E-state index in [2.05, 4.69) is 0 Å². The van der Waals surface area contributed by atoms with Gasteiger partial charge < -0.3 is 10.2 Å². The standard InChI is InChI=1S/C13H8F3NO3S/c14-13(15,16)21(18,19)10-6-5-8-7-3-1-2-4-9(7)20-12(8)11(10)17/h1-6H,17H2. The molecule has 0 aliphatic rings. The number of halogens is 3. The Morgan fingerprint density at radius 1 is 1.00 bits per heavy atom. The molecule has 0 saturated heterocycles. The highest BCUT2D eigenvalue weighted by atomic mass is 32.2. The monoisotopic (exact) mass is 315 g/mol. The number of nitrogen functional groups attached to an aromatic ring is 1. The molecule has 0 saturated carbocycles. The molecule has 0 atom stereocenters. The Kier molecular flexibility index (Phi) is 2.71. The zero-order chi connectivity index (χ0) is 15.4. The molecule has 1 heterocycles. The summed E-state index contributed by atoms with van der Waals surface area (Å²) in [7, 11) is -5.52. The van der Waals surface area contributed by atoms with Gasteiger partial charge in [0.05, 0.1) is 5.69 Å². The fourth-order valence-corrected chi connectivity index (χ4v) is 3.03. The lowest BCUT2D eigenvalue weighted by Crippen LogP contribution is -2.24. The van der Waals surface area contributed by atoms with Crippen molar-refractivity contribution in [2.75, 3.05) is 5.73 Å². The molecule has 110 valence electrons. The summed E-state index contributed by atoms with van der Waals surface area (Å²) in [5.41, 5.74) is -0.0145. The molecule has 4 nitrogen and oxygen atoms in total. The molecular formula is C13H8F3NO3S. The van der Waals surface area contributed by atoms with E-state index in [0.717, 1.165) is 6.07 Å². The smallest absolute Gasteiger partial charge is 0.454 e. The molecular weight excluding hydrogens is 307 g/mol. The van der Waals surface area contributed by atoms with Gasteiger partial charge in [0.15, 0.2) is 5.58 Å². The van der Waals surface area contributed by atoms with Gasteiger partial charge in [-0.15, -0.1) is 0 Å². The van der Waals surface area contributed by atoms with Crippen LogP contribution in [0.4, 0.5) is 18.9 Å². The number of benzene rings is 2. The minimum absolute atomic E-state index is 0.0680. The number of furan rings is 1. The highest BCUT2D eigenvalue weighted by molar-refractivity contribution is 7.92. The number of sulfone groups is 1. The van der Waals surface area contributed by atoms with Gasteiger partial charge in [-0.25, -0.2) is 8.42 Å². The molecule has 0 unspecified atom stereocenters. The van der Waals surface area contributed by atoms with Crippen LogP contribution < -0.4 is 5.73 Å². The molecule has 0 fully saturated rings. The molecule has 0 radical (unpaired) electrons. The van der Waals surface area contributed by atoms with Gasteiger partial charge >= 0.3 is 5.51 Å². The Morgan fingerprint density at radius 2 is 1.67 bits per heavy atom. The number of fused-ring (bicyclic) bond motifs is 3. The maximum absolute atomic E-state index is 12.6. The predicted molar refractivity (Wildman–Crippen MR) is 71.4 cm³/mol. The second kappa shape index (κ2) is 4.14. The predicted octanol–water partition coefficient (Wildman–Crippen LogP) is 3.46. The van der Waals surface area contributed by atoms with Crippen LogP contribution in [-0.2, 0) is 9.84 Å². The van der Waals surface area contributed by atoms with Crippen molar-refractivity contribution < 1.29 is 26.0 Å². The van der Waals surface area contributed by atoms with Crippen molar-refractivity contribution in [3.63, 3.8) is 0 Å². The number of hydrogen-bond donors (Lipinski definition) is 1. The number of nitrogens with two attached hydrogens (primary N) is 1. The van der Waals surface area contributed by atoms with Crippen molar-refractivity contribution in [2.45, 2.75) is 10.4 Å². The summed E-state index contributed by atoms with van der Waals surface area (Å²) in [4.78, 5) is -0.999. The molecule has 8 heteroatoms. The first kappa shape index (κ1) is 13.7. The van der Waals surface area contributed by atoms with E-state index in [9.17, 15) is 21.6 Å². The first-order valence-electron chi connectivity index (χ1n) is 5.74. The van der Waals surface area contributed by atoms with Gasteiger partial charge in [-0.1, -0.05) is 18.2 Å².